The van der Waals surface area contributed by atoms with Crippen LogP contribution in [0.1, 0.15) is 48.6 Å². The minimum atomic E-state index is -1.05. The van der Waals surface area contributed by atoms with Crippen molar-refractivity contribution >= 4 is 40.5 Å². The van der Waals surface area contributed by atoms with Crippen molar-refractivity contribution in [2.45, 2.75) is 46.2 Å². The summed E-state index contributed by atoms with van der Waals surface area (Å²) in [4.78, 5) is 59.8. The van der Waals surface area contributed by atoms with Gasteiger partial charge in [-0.05, 0) is 11.5 Å². The van der Waals surface area contributed by atoms with Crippen LogP contribution in [0.3, 0.4) is 0 Å². The fourth-order valence-electron chi connectivity index (χ4n) is 4.67. The zero-order chi connectivity index (χ0) is 27.4. The van der Waals surface area contributed by atoms with Gasteiger partial charge in [0, 0.05) is 43.6 Å². The SMILES string of the molecule is CC(=O)N1C=C(c2ccccc2)N(N(C(C)=O)[C@@H](Cc2ccccc2)C(=O)c2nccs2)C(=O)C1C(C)C. The molecule has 2 atom stereocenters. The molecular weight excluding hydrogens is 500 g/mol. The second kappa shape index (κ2) is 11.5. The average Bonchev–Trinajstić information content (AvgIpc) is 3.44. The smallest absolute Gasteiger partial charge is 0.269 e. The predicted molar refractivity (Wildman–Crippen MR) is 145 cm³/mol. The first kappa shape index (κ1) is 26.9. The number of nitrogens with zero attached hydrogens (tertiary/aromatic N) is 4. The van der Waals surface area contributed by atoms with Crippen LogP contribution in [-0.2, 0) is 20.8 Å². The fourth-order valence-corrected chi connectivity index (χ4v) is 5.29. The maximum atomic E-state index is 14.3. The molecule has 0 fully saturated rings. The van der Waals surface area contributed by atoms with Gasteiger partial charge < -0.3 is 4.90 Å². The number of ketones is 1. The van der Waals surface area contributed by atoms with Gasteiger partial charge in [-0.25, -0.2) is 15.0 Å². The predicted octanol–water partition coefficient (Wildman–Crippen LogP) is 4.41. The van der Waals surface area contributed by atoms with E-state index in [0.29, 0.717) is 11.3 Å². The lowest BCUT2D eigenvalue weighted by Crippen LogP contribution is -2.63. The quantitative estimate of drug-likeness (QED) is 0.402. The zero-order valence-electron chi connectivity index (χ0n) is 21.8. The molecule has 196 valence electrons. The molecule has 0 radical (unpaired) electrons. The van der Waals surface area contributed by atoms with E-state index < -0.39 is 23.9 Å². The van der Waals surface area contributed by atoms with Crippen LogP contribution in [0.2, 0.25) is 0 Å². The summed E-state index contributed by atoms with van der Waals surface area (Å²) >= 11 is 1.18. The van der Waals surface area contributed by atoms with Crippen LogP contribution in [0.5, 0.6) is 0 Å². The van der Waals surface area contributed by atoms with Crippen LogP contribution in [-0.4, -0.2) is 55.5 Å². The number of benzene rings is 2. The molecule has 3 aromatic rings. The number of carbonyl (C=O) groups is 4. The zero-order valence-corrected chi connectivity index (χ0v) is 22.6. The highest BCUT2D eigenvalue weighted by Crippen LogP contribution is 2.33. The van der Waals surface area contributed by atoms with Crippen LogP contribution in [0, 0.1) is 5.92 Å². The summed E-state index contributed by atoms with van der Waals surface area (Å²) < 4.78 is 0. The number of hydrogen-bond donors (Lipinski definition) is 0. The van der Waals surface area contributed by atoms with Gasteiger partial charge in [0.25, 0.3) is 5.91 Å². The standard InChI is InChI=1S/C29H30N4O4S/c1-19(2)26-29(37)33(25(18-31(26)20(3)34)23-13-9-6-10-14-23)32(21(4)35)24(17-22-11-7-5-8-12-22)27(36)28-30-15-16-38-28/h5-16,18-19,24,26H,17H2,1-4H3/t24-,26?/m0/s1. The lowest BCUT2D eigenvalue weighted by atomic mass is 9.97. The second-order valence-electron chi connectivity index (χ2n) is 9.42. The minimum absolute atomic E-state index is 0.174. The largest absolute Gasteiger partial charge is 0.304 e. The molecule has 0 N–H and O–H groups in total. The van der Waals surface area contributed by atoms with Crippen molar-refractivity contribution in [3.63, 3.8) is 0 Å². The van der Waals surface area contributed by atoms with E-state index in [-0.39, 0.29) is 29.0 Å². The molecule has 8 nitrogen and oxygen atoms in total. The first-order valence-corrected chi connectivity index (χ1v) is 13.3. The maximum Gasteiger partial charge on any atom is 0.269 e. The Morgan fingerprint density at radius 2 is 1.63 bits per heavy atom. The molecule has 0 saturated heterocycles. The number of carbonyl (C=O) groups excluding carboxylic acids is 4. The summed E-state index contributed by atoms with van der Waals surface area (Å²) in [5.41, 5.74) is 1.79. The van der Waals surface area contributed by atoms with Crippen molar-refractivity contribution in [2.24, 2.45) is 5.92 Å². The number of thiazole rings is 1. The number of rotatable bonds is 8. The van der Waals surface area contributed by atoms with Gasteiger partial charge in [-0.3, -0.25) is 19.2 Å². The molecule has 2 aromatic carbocycles. The number of amides is 3. The van der Waals surface area contributed by atoms with Crippen LogP contribution in [0.4, 0.5) is 0 Å². The Bertz CT molecular complexity index is 1340. The highest BCUT2D eigenvalue weighted by molar-refractivity contribution is 7.11. The van der Waals surface area contributed by atoms with Crippen molar-refractivity contribution in [3.05, 3.63) is 94.6 Å². The molecule has 1 unspecified atom stereocenters. The Morgan fingerprint density at radius 3 is 2.16 bits per heavy atom. The number of hydrogen-bond acceptors (Lipinski definition) is 6. The van der Waals surface area contributed by atoms with Crippen LogP contribution < -0.4 is 0 Å². The molecule has 9 heteroatoms. The van der Waals surface area contributed by atoms with E-state index in [1.807, 2.05) is 62.4 Å². The Kier molecular flexibility index (Phi) is 8.16. The average molecular weight is 531 g/mol. The Balaban J connectivity index is 1.92. The molecule has 0 saturated carbocycles. The molecule has 0 spiro atoms. The van der Waals surface area contributed by atoms with Gasteiger partial charge in [0.05, 0.1) is 5.70 Å². The van der Waals surface area contributed by atoms with Crippen molar-refractivity contribution < 1.29 is 19.2 Å². The van der Waals surface area contributed by atoms with E-state index in [4.69, 9.17) is 0 Å². The van der Waals surface area contributed by atoms with Gasteiger partial charge >= 0.3 is 0 Å². The van der Waals surface area contributed by atoms with Crippen molar-refractivity contribution in [1.29, 1.82) is 0 Å². The van der Waals surface area contributed by atoms with Crippen LogP contribution in [0.15, 0.2) is 78.4 Å². The topological polar surface area (TPSA) is 90.9 Å². The van der Waals surface area contributed by atoms with Crippen molar-refractivity contribution in [3.8, 4) is 0 Å². The van der Waals surface area contributed by atoms with Crippen molar-refractivity contribution in [2.75, 3.05) is 0 Å². The highest BCUT2D eigenvalue weighted by atomic mass is 32.1. The Hall–Kier alpha value is -4.11. The number of Topliss-reactive ketones (excluding diaryl/α,β-unsaturated/α-hetero) is 1. The summed E-state index contributed by atoms with van der Waals surface area (Å²) in [6, 6.07) is 16.5. The summed E-state index contributed by atoms with van der Waals surface area (Å²) in [5, 5.41) is 4.48. The lowest BCUT2D eigenvalue weighted by molar-refractivity contribution is -0.164. The lowest BCUT2D eigenvalue weighted by Gasteiger charge is -2.46. The molecule has 2 heterocycles. The summed E-state index contributed by atoms with van der Waals surface area (Å²) in [6.07, 6.45) is 3.32. The third-order valence-electron chi connectivity index (χ3n) is 6.37. The fraction of sp³-hybridized carbons (Fsp3) is 0.276. The Labute approximate surface area is 226 Å². The first-order chi connectivity index (χ1) is 18.2. The molecule has 1 aliphatic rings. The van der Waals surface area contributed by atoms with Gasteiger partial charge in [0.15, 0.2) is 5.01 Å². The molecule has 38 heavy (non-hydrogen) atoms. The molecular formula is C29H30N4O4S. The molecule has 3 amide bonds. The molecule has 0 aliphatic carbocycles. The highest BCUT2D eigenvalue weighted by Gasteiger charge is 2.46. The molecule has 0 bridgehead atoms. The van der Waals surface area contributed by atoms with E-state index in [1.165, 1.54) is 46.3 Å². The first-order valence-electron chi connectivity index (χ1n) is 12.4. The van der Waals surface area contributed by atoms with Gasteiger partial charge in [0.2, 0.25) is 17.6 Å². The maximum absolute atomic E-state index is 14.3. The van der Waals surface area contributed by atoms with E-state index in [1.54, 1.807) is 23.7 Å². The molecule has 4 rings (SSSR count). The summed E-state index contributed by atoms with van der Waals surface area (Å²) in [7, 11) is 0. The molecule has 1 aliphatic heterocycles. The van der Waals surface area contributed by atoms with E-state index in [2.05, 4.69) is 4.98 Å². The number of hydrazine groups is 1. The van der Waals surface area contributed by atoms with Gasteiger partial charge in [-0.2, -0.15) is 0 Å². The van der Waals surface area contributed by atoms with Gasteiger partial charge in [0.1, 0.15) is 12.1 Å². The van der Waals surface area contributed by atoms with E-state index in [0.717, 1.165) is 5.56 Å². The third kappa shape index (κ3) is 5.43. The van der Waals surface area contributed by atoms with E-state index in [9.17, 15) is 19.2 Å². The minimum Gasteiger partial charge on any atom is -0.304 e. The monoisotopic (exact) mass is 530 g/mol. The second-order valence-corrected chi connectivity index (χ2v) is 10.3. The number of aromatic nitrogens is 1. The summed E-state index contributed by atoms with van der Waals surface area (Å²) in [6.45, 7) is 6.44. The van der Waals surface area contributed by atoms with Crippen molar-refractivity contribution in [1.82, 2.24) is 19.9 Å². The van der Waals surface area contributed by atoms with Gasteiger partial charge in [-0.15, -0.1) is 11.3 Å². The summed E-state index contributed by atoms with van der Waals surface area (Å²) in [5.74, 6) is -1.85. The van der Waals surface area contributed by atoms with Gasteiger partial charge in [-0.1, -0.05) is 74.5 Å². The normalized spacial score (nSPS) is 16.3. The van der Waals surface area contributed by atoms with E-state index >= 15 is 0 Å². The van der Waals surface area contributed by atoms with Crippen LogP contribution >= 0.6 is 11.3 Å². The third-order valence-corrected chi connectivity index (χ3v) is 7.15. The van der Waals surface area contributed by atoms with Crippen LogP contribution in [0.25, 0.3) is 5.70 Å². The Morgan fingerprint density at radius 1 is 1.00 bits per heavy atom. The molecule has 1 aromatic heterocycles.